The molecule has 1 rings (SSSR count). The van der Waals surface area contributed by atoms with E-state index in [1.54, 1.807) is 0 Å². The molecule has 0 aliphatic heterocycles. The molecule has 16 heavy (non-hydrogen) atoms. The van der Waals surface area contributed by atoms with Crippen molar-refractivity contribution in [2.45, 2.75) is 0 Å². The number of hydrogen-bond donors (Lipinski definition) is 1. The van der Waals surface area contributed by atoms with Gasteiger partial charge in [0.15, 0.2) is 0 Å². The first-order valence-corrected chi connectivity index (χ1v) is 5.00. The van der Waals surface area contributed by atoms with E-state index in [1.165, 1.54) is 26.4 Å². The number of carbonyl (C=O) groups excluding carboxylic acids is 2. The van der Waals surface area contributed by atoms with Gasteiger partial charge in [-0.2, -0.15) is 0 Å². The van der Waals surface area contributed by atoms with E-state index < -0.39 is 11.9 Å². The van der Waals surface area contributed by atoms with Crippen molar-refractivity contribution in [2.75, 3.05) is 14.2 Å². The van der Waals surface area contributed by atoms with Crippen LogP contribution in [-0.2, 0) is 9.47 Å². The maximum Gasteiger partial charge on any atom is 0.342 e. The molecule has 0 atom stereocenters. The number of carbonyl (C=O) groups is 2. The molecule has 6 heteroatoms. The molecule has 0 spiro atoms. The monoisotopic (exact) mass is 288 g/mol. The van der Waals surface area contributed by atoms with E-state index in [2.05, 4.69) is 25.4 Å². The molecule has 86 valence electrons. The van der Waals surface area contributed by atoms with E-state index >= 15 is 0 Å². The first-order chi connectivity index (χ1) is 7.52. The van der Waals surface area contributed by atoms with Gasteiger partial charge in [-0.25, -0.2) is 9.59 Å². The molecular formula is C10H9BrO5. The molecule has 0 radical (unpaired) electrons. The van der Waals surface area contributed by atoms with Crippen LogP contribution in [-0.4, -0.2) is 31.3 Å². The highest BCUT2D eigenvalue weighted by molar-refractivity contribution is 9.10. The van der Waals surface area contributed by atoms with Crippen molar-refractivity contribution in [3.05, 3.63) is 27.7 Å². The first kappa shape index (κ1) is 12.5. The summed E-state index contributed by atoms with van der Waals surface area (Å²) < 4.78 is 9.15. The molecule has 0 heterocycles. The molecule has 0 saturated carbocycles. The number of ether oxygens (including phenoxy) is 2. The van der Waals surface area contributed by atoms with Crippen LogP contribution < -0.4 is 0 Å². The van der Waals surface area contributed by atoms with Crippen molar-refractivity contribution in [3.8, 4) is 5.75 Å². The number of esters is 2. The number of aromatic hydroxyl groups is 1. The summed E-state index contributed by atoms with van der Waals surface area (Å²) in [6, 6.07) is 2.57. The summed E-state index contributed by atoms with van der Waals surface area (Å²) in [6.07, 6.45) is 0. The predicted molar refractivity (Wildman–Crippen MR) is 58.5 cm³/mol. The Morgan fingerprint density at radius 2 is 1.75 bits per heavy atom. The van der Waals surface area contributed by atoms with Gasteiger partial charge in [-0.1, -0.05) is 0 Å². The lowest BCUT2D eigenvalue weighted by molar-refractivity contribution is 0.0595. The molecule has 1 aromatic carbocycles. The quantitative estimate of drug-likeness (QED) is 0.839. The van der Waals surface area contributed by atoms with Crippen LogP contribution in [0.5, 0.6) is 5.75 Å². The van der Waals surface area contributed by atoms with Crippen LogP contribution >= 0.6 is 15.9 Å². The molecule has 1 aromatic rings. The lowest BCUT2D eigenvalue weighted by Gasteiger charge is -2.08. The Balaban J connectivity index is 3.38. The third-order valence-electron chi connectivity index (χ3n) is 1.91. The molecule has 0 saturated heterocycles. The van der Waals surface area contributed by atoms with Crippen molar-refractivity contribution < 1.29 is 24.2 Å². The molecule has 0 amide bonds. The fourth-order valence-corrected chi connectivity index (χ4v) is 1.79. The zero-order valence-corrected chi connectivity index (χ0v) is 10.2. The minimum Gasteiger partial charge on any atom is -0.507 e. The van der Waals surface area contributed by atoms with Crippen molar-refractivity contribution in [1.29, 1.82) is 0 Å². The Bertz CT molecular complexity index is 441. The SMILES string of the molecule is COC(=O)c1ccc(O)c(C(=O)OC)c1Br. The van der Waals surface area contributed by atoms with Crippen LogP contribution in [0.25, 0.3) is 0 Å². The molecule has 0 aromatic heterocycles. The second-order valence-corrected chi connectivity index (χ2v) is 3.60. The minimum atomic E-state index is -0.741. The topological polar surface area (TPSA) is 72.8 Å². The number of methoxy groups -OCH3 is 2. The number of halogens is 1. The Morgan fingerprint density at radius 3 is 2.25 bits per heavy atom. The van der Waals surface area contributed by atoms with E-state index in [0.29, 0.717) is 0 Å². The molecule has 0 aliphatic carbocycles. The number of rotatable bonds is 2. The molecule has 1 N–H and O–H groups in total. The van der Waals surface area contributed by atoms with Gasteiger partial charge in [0, 0.05) is 0 Å². The van der Waals surface area contributed by atoms with E-state index in [9.17, 15) is 14.7 Å². The summed E-state index contributed by atoms with van der Waals surface area (Å²) in [5.41, 5.74) is 0.0334. The van der Waals surface area contributed by atoms with Gasteiger partial charge in [0.25, 0.3) is 0 Å². The Morgan fingerprint density at radius 1 is 1.19 bits per heavy atom. The van der Waals surface area contributed by atoms with Crippen LogP contribution in [0.3, 0.4) is 0 Å². The Kier molecular flexibility index (Phi) is 3.89. The summed E-state index contributed by atoms with van der Waals surface area (Å²) in [7, 11) is 2.40. The van der Waals surface area contributed by atoms with Gasteiger partial charge in [0.1, 0.15) is 11.3 Å². The summed E-state index contributed by atoms with van der Waals surface area (Å²) in [6.45, 7) is 0. The van der Waals surface area contributed by atoms with Gasteiger partial charge >= 0.3 is 11.9 Å². The summed E-state index contributed by atoms with van der Waals surface area (Å²) >= 11 is 3.05. The number of phenols is 1. The van der Waals surface area contributed by atoms with E-state index in [1.807, 2.05) is 0 Å². The van der Waals surface area contributed by atoms with Crippen molar-refractivity contribution in [2.24, 2.45) is 0 Å². The second kappa shape index (κ2) is 4.98. The van der Waals surface area contributed by atoms with Gasteiger partial charge in [-0.15, -0.1) is 0 Å². The van der Waals surface area contributed by atoms with Gasteiger partial charge in [0.05, 0.1) is 24.3 Å². The summed E-state index contributed by atoms with van der Waals surface area (Å²) in [5.74, 6) is -1.63. The molecule has 0 bridgehead atoms. The fourth-order valence-electron chi connectivity index (χ4n) is 1.13. The normalized spacial score (nSPS) is 9.69. The fraction of sp³-hybridized carbons (Fsp3) is 0.200. The lowest BCUT2D eigenvalue weighted by Crippen LogP contribution is -2.08. The minimum absolute atomic E-state index is 0.106. The molecule has 0 fully saturated rings. The van der Waals surface area contributed by atoms with E-state index in [-0.39, 0.29) is 21.3 Å². The highest BCUT2D eigenvalue weighted by Gasteiger charge is 2.22. The summed E-state index contributed by atoms with van der Waals surface area (Å²) in [5, 5.41) is 9.49. The predicted octanol–water partition coefficient (Wildman–Crippen LogP) is 1.73. The van der Waals surface area contributed by atoms with Gasteiger partial charge < -0.3 is 14.6 Å². The van der Waals surface area contributed by atoms with E-state index in [0.717, 1.165) is 0 Å². The third-order valence-corrected chi connectivity index (χ3v) is 2.74. The number of benzene rings is 1. The first-order valence-electron chi connectivity index (χ1n) is 4.21. The smallest absolute Gasteiger partial charge is 0.342 e. The molecule has 0 unspecified atom stereocenters. The third kappa shape index (κ3) is 2.16. The summed E-state index contributed by atoms with van der Waals surface area (Å²) in [4.78, 5) is 22.7. The maximum atomic E-state index is 11.4. The van der Waals surface area contributed by atoms with Gasteiger partial charge in [-0.05, 0) is 28.1 Å². The molecule has 5 nitrogen and oxygen atoms in total. The lowest BCUT2D eigenvalue weighted by atomic mass is 10.1. The Labute approximate surface area is 100 Å². The van der Waals surface area contributed by atoms with Crippen molar-refractivity contribution in [1.82, 2.24) is 0 Å². The Hall–Kier alpha value is -1.56. The van der Waals surface area contributed by atoms with Crippen LogP contribution in [0.1, 0.15) is 20.7 Å². The van der Waals surface area contributed by atoms with Crippen molar-refractivity contribution in [3.63, 3.8) is 0 Å². The second-order valence-electron chi connectivity index (χ2n) is 2.80. The van der Waals surface area contributed by atoms with Crippen LogP contribution in [0.4, 0.5) is 0 Å². The molecule has 0 aliphatic rings. The number of hydrogen-bond acceptors (Lipinski definition) is 5. The number of phenolic OH excluding ortho intramolecular Hbond substituents is 1. The van der Waals surface area contributed by atoms with Gasteiger partial charge in [0.2, 0.25) is 0 Å². The average molecular weight is 289 g/mol. The highest BCUT2D eigenvalue weighted by Crippen LogP contribution is 2.30. The van der Waals surface area contributed by atoms with Crippen LogP contribution in [0, 0.1) is 0 Å². The van der Waals surface area contributed by atoms with Crippen LogP contribution in [0.2, 0.25) is 0 Å². The van der Waals surface area contributed by atoms with E-state index in [4.69, 9.17) is 0 Å². The molecular weight excluding hydrogens is 280 g/mol. The van der Waals surface area contributed by atoms with Crippen LogP contribution in [0.15, 0.2) is 16.6 Å². The standard InChI is InChI=1S/C10H9BrO5/c1-15-9(13)5-3-4-6(12)7(8(5)11)10(14)16-2/h3-4,12H,1-2H3. The zero-order chi connectivity index (χ0) is 12.3. The van der Waals surface area contributed by atoms with Gasteiger partial charge in [-0.3, -0.25) is 0 Å². The maximum absolute atomic E-state index is 11.4. The largest absolute Gasteiger partial charge is 0.507 e. The average Bonchev–Trinajstić information content (AvgIpc) is 2.28. The highest BCUT2D eigenvalue weighted by atomic mass is 79.9. The van der Waals surface area contributed by atoms with Crippen molar-refractivity contribution >= 4 is 27.9 Å². The zero-order valence-electron chi connectivity index (χ0n) is 8.61.